The largest absolute Gasteiger partial charge is 0.339 e. The highest BCUT2D eigenvalue weighted by molar-refractivity contribution is 7.89. The summed E-state index contributed by atoms with van der Waals surface area (Å²) < 4.78 is 56.9. The topological polar surface area (TPSA) is 75.5 Å². The molecule has 2 aromatic rings. The van der Waals surface area contributed by atoms with Gasteiger partial charge in [0.1, 0.15) is 0 Å². The van der Waals surface area contributed by atoms with Gasteiger partial charge in [-0.25, -0.2) is 22.2 Å². The second kappa shape index (κ2) is 10.8. The van der Waals surface area contributed by atoms with Crippen LogP contribution in [0, 0.1) is 0 Å². The lowest BCUT2D eigenvalue weighted by molar-refractivity contribution is -0.0891. The molecule has 2 aliphatic rings. The maximum Gasteiger partial charge on any atom is 0.262 e. The van der Waals surface area contributed by atoms with Crippen molar-refractivity contribution in [2.24, 2.45) is 7.05 Å². The smallest absolute Gasteiger partial charge is 0.262 e. The Morgan fingerprint density at radius 3 is 2.29 bits per heavy atom. The van der Waals surface area contributed by atoms with E-state index in [1.165, 1.54) is 16.8 Å². The SMILES string of the molecule is Cl.Cn1cnc(S(=O)(=O)N2CCN(C3(CCC(=O)c4ccccc4Cl)CCC(F)(F)CC3)CC2)c1. The fraction of sp³-hybridized carbons (Fsp3) is 0.565. The predicted octanol–water partition coefficient (Wildman–Crippen LogP) is 4.41. The summed E-state index contributed by atoms with van der Waals surface area (Å²) in [5, 5.41) is 0.380. The van der Waals surface area contributed by atoms with Gasteiger partial charge in [-0.15, -0.1) is 12.4 Å². The summed E-state index contributed by atoms with van der Waals surface area (Å²) in [7, 11) is -2.01. The lowest BCUT2D eigenvalue weighted by Crippen LogP contribution is -2.59. The second-order valence-corrected chi connectivity index (χ2v) is 11.5. The van der Waals surface area contributed by atoms with E-state index in [1.807, 2.05) is 0 Å². The van der Waals surface area contributed by atoms with Crippen molar-refractivity contribution >= 4 is 39.8 Å². The van der Waals surface area contributed by atoms with Crippen molar-refractivity contribution in [3.05, 3.63) is 47.4 Å². The van der Waals surface area contributed by atoms with Gasteiger partial charge >= 0.3 is 0 Å². The first-order chi connectivity index (χ1) is 16.0. The Labute approximate surface area is 215 Å². The van der Waals surface area contributed by atoms with E-state index in [0.717, 1.165) is 0 Å². The highest BCUT2D eigenvalue weighted by atomic mass is 35.5. The minimum Gasteiger partial charge on any atom is -0.339 e. The molecule has 1 aromatic heterocycles. The Morgan fingerprint density at radius 2 is 1.71 bits per heavy atom. The van der Waals surface area contributed by atoms with Gasteiger partial charge in [0.25, 0.3) is 10.0 Å². The number of piperazine rings is 1. The van der Waals surface area contributed by atoms with Crippen molar-refractivity contribution in [1.29, 1.82) is 0 Å². The number of carbonyl (C=O) groups excluding carboxylic acids is 1. The Balaban J connectivity index is 0.00000342. The van der Waals surface area contributed by atoms with Crippen molar-refractivity contribution in [2.45, 2.75) is 55.0 Å². The molecule has 0 amide bonds. The number of hydrogen-bond acceptors (Lipinski definition) is 5. The second-order valence-electron chi connectivity index (χ2n) is 9.25. The summed E-state index contributed by atoms with van der Waals surface area (Å²) in [6.07, 6.45) is 3.59. The standard InChI is InChI=1S/C23H29ClF2N4O3S.ClH/c1-28-16-21(27-17-28)34(32,33)30-14-12-29(13-15-30)22(8-10-23(25,26)11-9-22)7-6-20(31)18-4-2-3-5-19(18)24;/h2-5,16-17H,6-15H2,1H3;1H. The molecule has 1 saturated carbocycles. The monoisotopic (exact) mass is 550 g/mol. The minimum absolute atomic E-state index is 0. The lowest BCUT2D eigenvalue weighted by atomic mass is 9.74. The van der Waals surface area contributed by atoms with Gasteiger partial charge in [-0.2, -0.15) is 4.31 Å². The number of Topliss-reactive ketones (excluding diaryl/α,β-unsaturated/α-hetero) is 1. The van der Waals surface area contributed by atoms with E-state index in [0.29, 0.717) is 30.1 Å². The molecule has 0 atom stereocenters. The Morgan fingerprint density at radius 1 is 1.09 bits per heavy atom. The molecule has 0 N–H and O–H groups in total. The van der Waals surface area contributed by atoms with Crippen LogP contribution in [0.15, 0.2) is 41.8 Å². The molecule has 1 aliphatic heterocycles. The first-order valence-electron chi connectivity index (χ1n) is 11.4. The molecule has 0 bridgehead atoms. The van der Waals surface area contributed by atoms with E-state index in [2.05, 4.69) is 9.88 Å². The summed E-state index contributed by atoms with van der Waals surface area (Å²) in [5.74, 6) is -2.82. The van der Waals surface area contributed by atoms with Crippen LogP contribution in [0.25, 0.3) is 0 Å². The number of ketones is 1. The van der Waals surface area contributed by atoms with Crippen LogP contribution in [0.5, 0.6) is 0 Å². The summed E-state index contributed by atoms with van der Waals surface area (Å²) in [4.78, 5) is 18.9. The number of imidazole rings is 1. The van der Waals surface area contributed by atoms with Gasteiger partial charge in [0.05, 0.1) is 11.3 Å². The number of nitrogens with zero attached hydrogens (tertiary/aromatic N) is 4. The van der Waals surface area contributed by atoms with Gasteiger partial charge in [-0.05, 0) is 31.4 Å². The van der Waals surface area contributed by atoms with E-state index in [1.54, 1.807) is 35.9 Å². The van der Waals surface area contributed by atoms with E-state index in [9.17, 15) is 22.0 Å². The normalized spacial score (nSPS) is 20.8. The Hall–Kier alpha value is -1.59. The van der Waals surface area contributed by atoms with E-state index in [-0.39, 0.29) is 68.4 Å². The average molecular weight is 551 g/mol. The van der Waals surface area contributed by atoms with Crippen LogP contribution in [-0.2, 0) is 17.1 Å². The maximum absolute atomic E-state index is 14.0. The summed E-state index contributed by atoms with van der Waals surface area (Å²) in [6, 6.07) is 6.83. The summed E-state index contributed by atoms with van der Waals surface area (Å²) in [6.45, 7) is 1.32. The van der Waals surface area contributed by atoms with E-state index < -0.39 is 21.5 Å². The van der Waals surface area contributed by atoms with Crippen LogP contribution in [0.4, 0.5) is 8.78 Å². The minimum atomic E-state index is -3.71. The molecule has 7 nitrogen and oxygen atoms in total. The first-order valence-corrected chi connectivity index (χ1v) is 13.2. The van der Waals surface area contributed by atoms with Gasteiger partial charge in [0, 0.05) is 69.8 Å². The van der Waals surface area contributed by atoms with Gasteiger partial charge in [-0.3, -0.25) is 9.69 Å². The first kappa shape index (κ1) is 28.0. The Bertz CT molecular complexity index is 1140. The van der Waals surface area contributed by atoms with Gasteiger partial charge in [0.2, 0.25) is 5.92 Å². The van der Waals surface area contributed by atoms with Crippen molar-refractivity contribution in [3.8, 4) is 0 Å². The number of halogens is 4. The van der Waals surface area contributed by atoms with Crippen molar-refractivity contribution in [3.63, 3.8) is 0 Å². The van der Waals surface area contributed by atoms with Crippen LogP contribution in [-0.4, -0.2) is 70.6 Å². The third-order valence-corrected chi connectivity index (χ3v) is 9.21. The van der Waals surface area contributed by atoms with Crippen molar-refractivity contribution < 1.29 is 22.0 Å². The predicted molar refractivity (Wildman–Crippen MR) is 132 cm³/mol. The molecule has 12 heteroatoms. The highest BCUT2D eigenvalue weighted by Gasteiger charge is 2.47. The zero-order valence-electron chi connectivity index (χ0n) is 19.5. The van der Waals surface area contributed by atoms with Gasteiger partial charge in [0.15, 0.2) is 10.8 Å². The fourth-order valence-corrected chi connectivity index (χ4v) is 6.66. The van der Waals surface area contributed by atoms with E-state index >= 15 is 0 Å². The number of aryl methyl sites for hydroxylation is 1. The molecule has 35 heavy (non-hydrogen) atoms. The third kappa shape index (κ3) is 6.05. The zero-order chi connectivity index (χ0) is 24.6. The van der Waals surface area contributed by atoms with E-state index in [4.69, 9.17) is 11.6 Å². The fourth-order valence-electron chi connectivity index (χ4n) is 5.03. The van der Waals surface area contributed by atoms with Gasteiger partial charge in [-0.1, -0.05) is 23.7 Å². The van der Waals surface area contributed by atoms with Crippen molar-refractivity contribution in [2.75, 3.05) is 26.2 Å². The molecule has 1 saturated heterocycles. The molecule has 0 spiro atoms. The molecule has 0 radical (unpaired) electrons. The maximum atomic E-state index is 14.0. The van der Waals surface area contributed by atoms with Crippen LogP contribution in [0.3, 0.4) is 0 Å². The number of alkyl halides is 2. The zero-order valence-corrected chi connectivity index (χ0v) is 21.9. The van der Waals surface area contributed by atoms with Crippen LogP contribution >= 0.6 is 24.0 Å². The van der Waals surface area contributed by atoms with Crippen LogP contribution in [0.2, 0.25) is 5.02 Å². The molecular formula is C23H30Cl2F2N4O3S. The lowest BCUT2D eigenvalue weighted by Gasteiger charge is -2.50. The van der Waals surface area contributed by atoms with Crippen LogP contribution in [0.1, 0.15) is 48.9 Å². The Kier molecular flexibility index (Phi) is 8.64. The number of sulfonamides is 1. The molecule has 1 aliphatic carbocycles. The van der Waals surface area contributed by atoms with Gasteiger partial charge < -0.3 is 4.57 Å². The quantitative estimate of drug-likeness (QED) is 0.477. The third-order valence-electron chi connectivity index (χ3n) is 7.10. The molecule has 194 valence electrons. The number of hydrogen-bond donors (Lipinski definition) is 0. The summed E-state index contributed by atoms with van der Waals surface area (Å²) in [5.41, 5.74) is -0.133. The van der Waals surface area contributed by atoms with Crippen LogP contribution < -0.4 is 0 Å². The highest BCUT2D eigenvalue weighted by Crippen LogP contribution is 2.44. The number of carbonyl (C=O) groups is 1. The number of aromatic nitrogens is 2. The molecule has 4 rings (SSSR count). The molecular weight excluding hydrogens is 521 g/mol. The van der Waals surface area contributed by atoms with Crippen molar-refractivity contribution in [1.82, 2.24) is 18.8 Å². The number of benzene rings is 1. The average Bonchev–Trinajstić information content (AvgIpc) is 3.26. The summed E-state index contributed by atoms with van der Waals surface area (Å²) >= 11 is 6.17. The molecule has 2 fully saturated rings. The molecule has 2 heterocycles. The molecule has 0 unspecified atom stereocenters. The molecule has 1 aromatic carbocycles. The number of rotatable bonds is 7.